The summed E-state index contributed by atoms with van der Waals surface area (Å²) in [6.07, 6.45) is 1.52. The molecular weight excluding hydrogens is 342 g/mol. The summed E-state index contributed by atoms with van der Waals surface area (Å²) in [5.74, 6) is -0.952. The maximum atomic E-state index is 12.1. The normalized spacial score (nSPS) is 10.4. The van der Waals surface area contributed by atoms with Crippen LogP contribution in [-0.2, 0) is 9.53 Å². The topological polar surface area (TPSA) is 90.4 Å². The summed E-state index contributed by atoms with van der Waals surface area (Å²) in [6.45, 7) is 1.74. The molecule has 0 radical (unpaired) electrons. The zero-order chi connectivity index (χ0) is 17.6. The van der Waals surface area contributed by atoms with Gasteiger partial charge >= 0.3 is 5.97 Å². The van der Waals surface area contributed by atoms with Gasteiger partial charge in [-0.3, -0.25) is 10.1 Å². The molecule has 1 N–H and O–H groups in total. The first-order valence-corrected chi connectivity index (χ1v) is 8.39. The van der Waals surface area contributed by atoms with E-state index in [9.17, 15) is 9.59 Å². The number of para-hydroxylation sites is 1. The fourth-order valence-corrected chi connectivity index (χ4v) is 2.97. The number of hydrogen-bond donors (Lipinski definition) is 1. The highest BCUT2D eigenvalue weighted by molar-refractivity contribution is 7.22. The van der Waals surface area contributed by atoms with Crippen LogP contribution in [-0.4, -0.2) is 35.1 Å². The molecule has 7 nitrogen and oxygen atoms in total. The molecule has 0 fully saturated rings. The highest BCUT2D eigenvalue weighted by Crippen LogP contribution is 2.25. The van der Waals surface area contributed by atoms with E-state index in [1.54, 1.807) is 13.0 Å². The number of amides is 1. The van der Waals surface area contributed by atoms with E-state index >= 15 is 0 Å². The van der Waals surface area contributed by atoms with Crippen LogP contribution >= 0.6 is 11.3 Å². The molecule has 0 saturated heterocycles. The monoisotopic (exact) mass is 357 g/mol. The predicted molar refractivity (Wildman–Crippen MR) is 93.9 cm³/mol. The van der Waals surface area contributed by atoms with Gasteiger partial charge in [0.1, 0.15) is 5.56 Å². The highest BCUT2D eigenvalue weighted by Gasteiger charge is 2.17. The quantitative estimate of drug-likeness (QED) is 0.682. The van der Waals surface area contributed by atoms with E-state index in [1.807, 2.05) is 24.3 Å². The van der Waals surface area contributed by atoms with E-state index in [0.29, 0.717) is 11.7 Å². The van der Waals surface area contributed by atoms with Crippen molar-refractivity contribution in [2.75, 3.05) is 18.5 Å². The Morgan fingerprint density at radius 2 is 2.04 bits per heavy atom. The van der Waals surface area contributed by atoms with Gasteiger partial charge in [0.25, 0.3) is 5.91 Å². The number of pyridine rings is 1. The Morgan fingerprint density at radius 1 is 1.20 bits per heavy atom. The lowest BCUT2D eigenvalue weighted by atomic mass is 10.3. The van der Waals surface area contributed by atoms with Crippen LogP contribution in [0.4, 0.5) is 5.13 Å². The number of carbonyl (C=O) groups excluding carboxylic acids is 2. The molecule has 25 heavy (non-hydrogen) atoms. The first-order valence-electron chi connectivity index (χ1n) is 7.57. The Labute approximate surface area is 147 Å². The molecule has 0 aliphatic rings. The summed E-state index contributed by atoms with van der Waals surface area (Å²) < 4.78 is 11.3. The third-order valence-corrected chi connectivity index (χ3v) is 4.10. The lowest BCUT2D eigenvalue weighted by molar-refractivity contribution is -0.119. The number of nitrogens with one attached hydrogen (secondary N) is 1. The minimum absolute atomic E-state index is 0.178. The van der Waals surface area contributed by atoms with Crippen molar-refractivity contribution in [2.45, 2.75) is 6.92 Å². The lowest BCUT2D eigenvalue weighted by Crippen LogP contribution is -2.21. The Balaban J connectivity index is 1.59. The molecule has 2 heterocycles. The number of fused-ring (bicyclic) bond motifs is 1. The zero-order valence-electron chi connectivity index (χ0n) is 13.4. The maximum Gasteiger partial charge on any atom is 0.344 e. The number of thiazole rings is 1. The van der Waals surface area contributed by atoms with Crippen molar-refractivity contribution in [1.82, 2.24) is 9.97 Å². The smallest absolute Gasteiger partial charge is 0.344 e. The van der Waals surface area contributed by atoms with Gasteiger partial charge in [0, 0.05) is 6.20 Å². The number of anilines is 1. The molecule has 0 aliphatic carbocycles. The van der Waals surface area contributed by atoms with Crippen LogP contribution in [0, 0.1) is 0 Å². The van der Waals surface area contributed by atoms with Gasteiger partial charge in [-0.05, 0) is 31.2 Å². The number of rotatable bonds is 6. The van der Waals surface area contributed by atoms with Crippen LogP contribution < -0.4 is 10.1 Å². The molecule has 2 aromatic heterocycles. The van der Waals surface area contributed by atoms with Gasteiger partial charge in [-0.15, -0.1) is 0 Å². The fourth-order valence-electron chi connectivity index (χ4n) is 2.09. The number of nitrogens with zero attached hydrogens (tertiary/aromatic N) is 2. The van der Waals surface area contributed by atoms with Gasteiger partial charge in [0.05, 0.1) is 16.8 Å². The Morgan fingerprint density at radius 3 is 2.84 bits per heavy atom. The van der Waals surface area contributed by atoms with E-state index < -0.39 is 18.5 Å². The minimum atomic E-state index is -0.670. The average Bonchev–Trinajstić information content (AvgIpc) is 3.02. The highest BCUT2D eigenvalue weighted by atomic mass is 32.1. The van der Waals surface area contributed by atoms with E-state index in [2.05, 4.69) is 15.3 Å². The van der Waals surface area contributed by atoms with E-state index in [1.165, 1.54) is 23.6 Å². The zero-order valence-corrected chi connectivity index (χ0v) is 14.2. The second-order valence-corrected chi connectivity index (χ2v) is 5.93. The van der Waals surface area contributed by atoms with Gasteiger partial charge in [-0.25, -0.2) is 14.8 Å². The number of carbonyl (C=O) groups is 2. The van der Waals surface area contributed by atoms with Gasteiger partial charge < -0.3 is 9.47 Å². The van der Waals surface area contributed by atoms with Gasteiger partial charge in [0.2, 0.25) is 5.88 Å². The van der Waals surface area contributed by atoms with Crippen molar-refractivity contribution in [3.05, 3.63) is 48.2 Å². The number of ether oxygens (including phenoxy) is 2. The molecule has 3 aromatic rings. The summed E-state index contributed by atoms with van der Waals surface area (Å²) >= 11 is 1.35. The van der Waals surface area contributed by atoms with Crippen molar-refractivity contribution in [2.24, 2.45) is 0 Å². The average molecular weight is 357 g/mol. The largest absolute Gasteiger partial charge is 0.477 e. The summed E-state index contributed by atoms with van der Waals surface area (Å²) in [7, 11) is 0. The third-order valence-electron chi connectivity index (χ3n) is 3.15. The number of benzene rings is 1. The molecule has 8 heteroatoms. The molecule has 1 aromatic carbocycles. The van der Waals surface area contributed by atoms with Crippen molar-refractivity contribution < 1.29 is 19.1 Å². The molecular formula is C17H15N3O4S. The molecule has 0 atom stereocenters. The van der Waals surface area contributed by atoms with Crippen LogP contribution in [0.2, 0.25) is 0 Å². The molecule has 0 aliphatic heterocycles. The second-order valence-electron chi connectivity index (χ2n) is 4.90. The van der Waals surface area contributed by atoms with Gasteiger partial charge in [-0.1, -0.05) is 23.5 Å². The van der Waals surface area contributed by atoms with Crippen molar-refractivity contribution in [3.63, 3.8) is 0 Å². The third kappa shape index (κ3) is 4.10. The standard InChI is InChI=1S/C17H15N3O4S/c1-2-23-15-11(6-5-9-18-15)16(22)24-10-14(21)20-17-19-12-7-3-4-8-13(12)25-17/h3-9H,2,10H2,1H3,(H,19,20,21). The maximum absolute atomic E-state index is 12.1. The molecule has 128 valence electrons. The summed E-state index contributed by atoms with van der Waals surface area (Å²) in [6, 6.07) is 10.7. The predicted octanol–water partition coefficient (Wildman–Crippen LogP) is 2.89. The van der Waals surface area contributed by atoms with Crippen LogP contribution in [0.25, 0.3) is 10.2 Å². The van der Waals surface area contributed by atoms with Crippen molar-refractivity contribution in [3.8, 4) is 5.88 Å². The summed E-state index contributed by atoms with van der Waals surface area (Å²) in [5.41, 5.74) is 0.980. The van der Waals surface area contributed by atoms with E-state index in [-0.39, 0.29) is 11.4 Å². The number of hydrogen-bond acceptors (Lipinski definition) is 7. The second kappa shape index (κ2) is 7.71. The molecule has 3 rings (SSSR count). The van der Waals surface area contributed by atoms with Crippen LogP contribution in [0.5, 0.6) is 5.88 Å². The van der Waals surface area contributed by atoms with E-state index in [0.717, 1.165) is 10.2 Å². The van der Waals surface area contributed by atoms with Crippen LogP contribution in [0.3, 0.4) is 0 Å². The summed E-state index contributed by atoms with van der Waals surface area (Å²) in [5, 5.41) is 3.08. The molecule has 0 bridgehead atoms. The molecule has 0 unspecified atom stereocenters. The first-order chi connectivity index (χ1) is 12.2. The van der Waals surface area contributed by atoms with Crippen LogP contribution in [0.15, 0.2) is 42.6 Å². The number of esters is 1. The van der Waals surface area contributed by atoms with Crippen LogP contribution in [0.1, 0.15) is 17.3 Å². The van der Waals surface area contributed by atoms with Gasteiger partial charge in [0.15, 0.2) is 11.7 Å². The summed E-state index contributed by atoms with van der Waals surface area (Å²) in [4.78, 5) is 32.3. The Bertz CT molecular complexity index is 877. The number of aromatic nitrogens is 2. The first kappa shape index (κ1) is 16.8. The van der Waals surface area contributed by atoms with Gasteiger partial charge in [-0.2, -0.15) is 0 Å². The lowest BCUT2D eigenvalue weighted by Gasteiger charge is -2.08. The van der Waals surface area contributed by atoms with Crippen molar-refractivity contribution >= 4 is 38.6 Å². The fraction of sp³-hybridized carbons (Fsp3) is 0.176. The Hall–Kier alpha value is -3.00. The molecule has 0 spiro atoms. The minimum Gasteiger partial charge on any atom is -0.477 e. The molecule has 0 saturated carbocycles. The van der Waals surface area contributed by atoms with Crippen molar-refractivity contribution in [1.29, 1.82) is 0 Å². The van der Waals surface area contributed by atoms with E-state index in [4.69, 9.17) is 9.47 Å². The molecule has 1 amide bonds. The SMILES string of the molecule is CCOc1ncccc1C(=O)OCC(=O)Nc1nc2ccccc2s1. The Kier molecular flexibility index (Phi) is 5.20.